The van der Waals surface area contributed by atoms with Gasteiger partial charge in [-0.1, -0.05) is 26.0 Å². The highest BCUT2D eigenvalue weighted by atomic mass is 32.2. The van der Waals surface area contributed by atoms with Crippen LogP contribution in [-0.4, -0.2) is 24.1 Å². The van der Waals surface area contributed by atoms with E-state index in [-0.39, 0.29) is 6.04 Å². The Balaban J connectivity index is 2.59. The Labute approximate surface area is 112 Å². The average molecular weight is 273 g/mol. The minimum atomic E-state index is -0.767. The summed E-state index contributed by atoms with van der Waals surface area (Å²) in [4.78, 5) is 0. The maximum atomic E-state index is 13.6. The number of nitrogens with one attached hydrogen (secondary N) is 1. The minimum absolute atomic E-state index is 0.167. The number of likely N-dealkylation sites (N-methyl/N-ethyl adjacent to an activating group) is 1. The van der Waals surface area contributed by atoms with Crippen LogP contribution in [0.3, 0.4) is 0 Å². The molecule has 0 amide bonds. The van der Waals surface area contributed by atoms with Gasteiger partial charge in [0.25, 0.3) is 0 Å². The van der Waals surface area contributed by atoms with Gasteiger partial charge in [-0.25, -0.2) is 8.78 Å². The monoisotopic (exact) mass is 273 g/mol. The van der Waals surface area contributed by atoms with Crippen LogP contribution in [0.2, 0.25) is 0 Å². The summed E-state index contributed by atoms with van der Waals surface area (Å²) >= 11 is 1.86. The van der Waals surface area contributed by atoms with Crippen LogP contribution in [0, 0.1) is 11.6 Å². The zero-order valence-electron chi connectivity index (χ0n) is 11.2. The highest BCUT2D eigenvalue weighted by molar-refractivity contribution is 7.99. The number of hydrogen-bond donors (Lipinski definition) is 1. The van der Waals surface area contributed by atoms with E-state index in [9.17, 15) is 8.78 Å². The Morgan fingerprint density at radius 3 is 2.67 bits per heavy atom. The van der Waals surface area contributed by atoms with E-state index in [1.165, 1.54) is 0 Å². The number of hydrogen-bond acceptors (Lipinski definition) is 2. The highest BCUT2D eigenvalue weighted by Crippen LogP contribution is 2.18. The molecule has 1 rings (SSSR count). The van der Waals surface area contributed by atoms with Crippen molar-refractivity contribution in [1.29, 1.82) is 0 Å². The summed E-state index contributed by atoms with van der Waals surface area (Å²) in [6, 6.07) is 4.53. The van der Waals surface area contributed by atoms with Crippen LogP contribution in [0.5, 0.6) is 0 Å². The third-order valence-electron chi connectivity index (χ3n) is 3.06. The van der Waals surface area contributed by atoms with Crippen LogP contribution < -0.4 is 5.32 Å². The fourth-order valence-electron chi connectivity index (χ4n) is 1.61. The van der Waals surface area contributed by atoms with Crippen molar-refractivity contribution in [3.05, 3.63) is 35.4 Å². The van der Waals surface area contributed by atoms with Gasteiger partial charge in [0.1, 0.15) is 0 Å². The molecule has 0 radical (unpaired) electrons. The zero-order chi connectivity index (χ0) is 13.5. The predicted octanol–water partition coefficient (Wildman–Crippen LogP) is 3.63. The van der Waals surface area contributed by atoms with E-state index in [0.717, 1.165) is 18.2 Å². The molecule has 0 aromatic heterocycles. The SMILES string of the molecule is CCC(C)SCC(Cc1cccc(F)c1F)NC. The molecule has 0 bridgehead atoms. The third kappa shape index (κ3) is 4.58. The molecule has 0 fully saturated rings. The number of thioether (sulfide) groups is 1. The van der Waals surface area contributed by atoms with Crippen LogP contribution in [0.25, 0.3) is 0 Å². The summed E-state index contributed by atoms with van der Waals surface area (Å²) in [6.45, 7) is 4.33. The lowest BCUT2D eigenvalue weighted by atomic mass is 10.1. The van der Waals surface area contributed by atoms with Gasteiger partial charge in [-0.3, -0.25) is 0 Å². The van der Waals surface area contributed by atoms with Crippen molar-refractivity contribution in [2.24, 2.45) is 0 Å². The second kappa shape index (κ2) is 7.74. The Morgan fingerprint density at radius 1 is 1.33 bits per heavy atom. The zero-order valence-corrected chi connectivity index (χ0v) is 12.0. The second-order valence-electron chi connectivity index (χ2n) is 4.45. The van der Waals surface area contributed by atoms with Crippen LogP contribution in [0.15, 0.2) is 18.2 Å². The Hall–Kier alpha value is -0.610. The summed E-state index contributed by atoms with van der Waals surface area (Å²) in [6.07, 6.45) is 1.64. The molecule has 0 aliphatic rings. The summed E-state index contributed by atoms with van der Waals surface area (Å²) < 4.78 is 26.7. The van der Waals surface area contributed by atoms with E-state index in [4.69, 9.17) is 0 Å². The topological polar surface area (TPSA) is 12.0 Å². The summed E-state index contributed by atoms with van der Waals surface area (Å²) in [7, 11) is 1.86. The Morgan fingerprint density at radius 2 is 2.06 bits per heavy atom. The molecule has 0 spiro atoms. The first-order valence-corrected chi connectivity index (χ1v) is 7.35. The molecule has 0 heterocycles. The lowest BCUT2D eigenvalue weighted by molar-refractivity contribution is 0.490. The number of halogens is 2. The first-order valence-electron chi connectivity index (χ1n) is 6.30. The van der Waals surface area contributed by atoms with Gasteiger partial charge in [-0.15, -0.1) is 0 Å². The van der Waals surface area contributed by atoms with Gasteiger partial charge in [-0.05, 0) is 31.5 Å². The molecule has 102 valence electrons. The van der Waals surface area contributed by atoms with Gasteiger partial charge < -0.3 is 5.32 Å². The van der Waals surface area contributed by atoms with E-state index < -0.39 is 11.6 Å². The highest BCUT2D eigenvalue weighted by Gasteiger charge is 2.14. The number of rotatable bonds is 7. The molecular formula is C14H21F2NS. The molecule has 4 heteroatoms. The molecule has 1 N–H and O–H groups in total. The normalized spacial score (nSPS) is 14.5. The van der Waals surface area contributed by atoms with E-state index in [2.05, 4.69) is 19.2 Å². The van der Waals surface area contributed by atoms with Gasteiger partial charge in [0.05, 0.1) is 0 Å². The average Bonchev–Trinajstić information content (AvgIpc) is 2.38. The molecular weight excluding hydrogens is 252 g/mol. The molecule has 1 aromatic carbocycles. The van der Waals surface area contributed by atoms with Gasteiger partial charge in [-0.2, -0.15) is 11.8 Å². The molecule has 1 aromatic rings. The largest absolute Gasteiger partial charge is 0.316 e. The van der Waals surface area contributed by atoms with Crippen LogP contribution in [0.1, 0.15) is 25.8 Å². The fraction of sp³-hybridized carbons (Fsp3) is 0.571. The van der Waals surface area contributed by atoms with Crippen LogP contribution in [0.4, 0.5) is 8.78 Å². The quantitative estimate of drug-likeness (QED) is 0.814. The van der Waals surface area contributed by atoms with Crippen molar-refractivity contribution in [3.8, 4) is 0 Å². The van der Waals surface area contributed by atoms with Crippen molar-refractivity contribution in [1.82, 2.24) is 5.32 Å². The molecule has 0 aliphatic heterocycles. The smallest absolute Gasteiger partial charge is 0.162 e. The molecule has 0 saturated heterocycles. The first kappa shape index (κ1) is 15.4. The maximum absolute atomic E-state index is 13.6. The van der Waals surface area contributed by atoms with E-state index in [1.807, 2.05) is 18.8 Å². The van der Waals surface area contributed by atoms with Crippen molar-refractivity contribution in [2.75, 3.05) is 12.8 Å². The molecule has 2 unspecified atom stereocenters. The predicted molar refractivity (Wildman–Crippen MR) is 75.1 cm³/mol. The van der Waals surface area contributed by atoms with Gasteiger partial charge >= 0.3 is 0 Å². The summed E-state index contributed by atoms with van der Waals surface area (Å²) in [5.74, 6) is -0.579. The fourth-order valence-corrected chi connectivity index (χ4v) is 2.70. The van der Waals surface area contributed by atoms with Gasteiger partial charge in [0.15, 0.2) is 11.6 Å². The Kier molecular flexibility index (Phi) is 6.65. The lowest BCUT2D eigenvalue weighted by Gasteiger charge is -2.18. The first-order chi connectivity index (χ1) is 8.58. The van der Waals surface area contributed by atoms with E-state index >= 15 is 0 Å². The second-order valence-corrected chi connectivity index (χ2v) is 5.93. The summed E-state index contributed by atoms with van der Waals surface area (Å²) in [5, 5.41) is 3.76. The van der Waals surface area contributed by atoms with Crippen molar-refractivity contribution in [3.63, 3.8) is 0 Å². The van der Waals surface area contributed by atoms with Crippen molar-refractivity contribution in [2.45, 2.75) is 38.0 Å². The molecule has 1 nitrogen and oxygen atoms in total. The third-order valence-corrected chi connectivity index (χ3v) is 4.56. The maximum Gasteiger partial charge on any atom is 0.162 e. The van der Waals surface area contributed by atoms with Crippen molar-refractivity contribution < 1.29 is 8.78 Å². The van der Waals surface area contributed by atoms with Gasteiger partial charge in [0.2, 0.25) is 0 Å². The van der Waals surface area contributed by atoms with E-state index in [0.29, 0.717) is 17.2 Å². The van der Waals surface area contributed by atoms with Gasteiger partial charge in [0, 0.05) is 17.0 Å². The Bertz CT molecular complexity index is 371. The van der Waals surface area contributed by atoms with Crippen LogP contribution >= 0.6 is 11.8 Å². The van der Waals surface area contributed by atoms with Crippen molar-refractivity contribution >= 4 is 11.8 Å². The molecule has 0 saturated carbocycles. The number of benzene rings is 1. The summed E-state index contributed by atoms with van der Waals surface area (Å²) in [5.41, 5.74) is 0.444. The minimum Gasteiger partial charge on any atom is -0.316 e. The molecule has 0 aliphatic carbocycles. The molecule has 18 heavy (non-hydrogen) atoms. The molecule has 2 atom stereocenters. The van der Waals surface area contributed by atoms with Crippen LogP contribution in [-0.2, 0) is 6.42 Å². The lowest BCUT2D eigenvalue weighted by Crippen LogP contribution is -2.31. The van der Waals surface area contributed by atoms with E-state index in [1.54, 1.807) is 12.1 Å². The standard InChI is InChI=1S/C14H21F2NS/c1-4-10(2)18-9-12(17-3)8-11-6-5-7-13(15)14(11)16/h5-7,10,12,17H,4,8-9H2,1-3H3.